The molecule has 6 heteroatoms. The molecule has 0 amide bonds. The third-order valence-electron chi connectivity index (χ3n) is 2.45. The summed E-state index contributed by atoms with van der Waals surface area (Å²) < 4.78 is 21.1. The fraction of sp³-hybridized carbons (Fsp3) is 1.00. The second-order valence-electron chi connectivity index (χ2n) is 3.29. The molecule has 13 heavy (non-hydrogen) atoms. The first-order valence-corrected chi connectivity index (χ1v) is 4.36. The lowest BCUT2D eigenvalue weighted by atomic mass is 9.93. The minimum absolute atomic E-state index is 0.0503. The molecule has 0 aromatic heterocycles. The van der Waals surface area contributed by atoms with Gasteiger partial charge in [0.15, 0.2) is 0 Å². The lowest BCUT2D eigenvalue weighted by molar-refractivity contribution is -0.247. The van der Waals surface area contributed by atoms with E-state index in [1.165, 1.54) is 7.11 Å². The molecule has 0 aromatic rings. The van der Waals surface area contributed by atoms with Crippen molar-refractivity contribution in [3.05, 3.63) is 0 Å². The van der Waals surface area contributed by atoms with Crippen molar-refractivity contribution in [3.63, 3.8) is 0 Å². The molecule has 5 atom stereocenters. The van der Waals surface area contributed by atoms with Crippen LogP contribution in [0, 0.1) is 0 Å². The summed E-state index contributed by atoms with van der Waals surface area (Å²) in [5.74, 6) is 0. The van der Waals surface area contributed by atoms with Crippen LogP contribution in [0.2, 0.25) is 0 Å². The molecule has 2 fully saturated rings. The van der Waals surface area contributed by atoms with Gasteiger partial charge < -0.3 is 24.1 Å². The van der Waals surface area contributed by atoms with E-state index in [0.29, 0.717) is 0 Å². The van der Waals surface area contributed by atoms with Crippen LogP contribution < -0.4 is 0 Å². The Labute approximate surface area is 77.3 Å². The summed E-state index contributed by atoms with van der Waals surface area (Å²) in [5.41, 5.74) is 0. The number of ether oxygens (including phenoxy) is 4. The summed E-state index contributed by atoms with van der Waals surface area (Å²) in [5, 5.41) is 8.99. The van der Waals surface area contributed by atoms with Gasteiger partial charge in [-0.2, -0.15) is 0 Å². The summed E-state index contributed by atoms with van der Waals surface area (Å²) in [6, 6.07) is -0.0534. The first kappa shape index (κ1) is 9.42. The topological polar surface area (TPSA) is 57.2 Å². The summed E-state index contributed by atoms with van der Waals surface area (Å²) >= 11 is 0. The molecule has 3 unspecified atom stereocenters. The van der Waals surface area contributed by atoms with Gasteiger partial charge in [0.25, 0.3) is 6.48 Å². The molecule has 2 aliphatic rings. The predicted molar refractivity (Wildman–Crippen MR) is 44.8 cm³/mol. The number of hydrogen-bond donors (Lipinski definition) is 1. The van der Waals surface area contributed by atoms with Crippen LogP contribution in [-0.2, 0) is 18.9 Å². The first-order chi connectivity index (χ1) is 6.26. The number of aliphatic hydroxyl groups excluding tert-OH is 1. The Morgan fingerprint density at radius 3 is 2.62 bits per heavy atom. The van der Waals surface area contributed by atoms with Gasteiger partial charge in [-0.25, -0.2) is 0 Å². The maximum atomic E-state index is 8.99. The Morgan fingerprint density at radius 1 is 1.31 bits per heavy atom. The summed E-state index contributed by atoms with van der Waals surface area (Å²) in [7, 11) is 3.42. The van der Waals surface area contributed by atoms with Crippen molar-refractivity contribution < 1.29 is 24.1 Å². The maximum absolute atomic E-state index is 8.99. The predicted octanol–water partition coefficient (Wildman–Crippen LogP) is -1.95. The van der Waals surface area contributed by atoms with E-state index in [2.05, 4.69) is 0 Å². The maximum Gasteiger partial charge on any atom is 0.272 e. The van der Waals surface area contributed by atoms with Gasteiger partial charge in [-0.15, -0.1) is 0 Å². The fourth-order valence-electron chi connectivity index (χ4n) is 1.81. The zero-order valence-corrected chi connectivity index (χ0v) is 7.67. The number of methoxy groups -OCH3 is 1. The van der Waals surface area contributed by atoms with E-state index >= 15 is 0 Å². The fourth-order valence-corrected chi connectivity index (χ4v) is 1.81. The minimum atomic E-state index is -0.615. The highest BCUT2D eigenvalue weighted by Crippen LogP contribution is 2.32. The molecule has 2 aliphatic heterocycles. The van der Waals surface area contributed by atoms with Crippen LogP contribution in [0.25, 0.3) is 0 Å². The van der Waals surface area contributed by atoms with E-state index in [0.717, 1.165) is 0 Å². The molecule has 2 heterocycles. The van der Waals surface area contributed by atoms with Gasteiger partial charge in [0.2, 0.25) is 0 Å². The molecule has 0 spiro atoms. The molecular weight excluding hydrogens is 175 g/mol. The molecule has 5 nitrogen and oxygen atoms in total. The highest BCUT2D eigenvalue weighted by Gasteiger charge is 2.50. The van der Waals surface area contributed by atoms with Gasteiger partial charge in [-0.3, -0.25) is 0 Å². The molecule has 74 valence electrons. The van der Waals surface area contributed by atoms with E-state index < -0.39 is 6.48 Å². The second-order valence-corrected chi connectivity index (χ2v) is 3.29. The smallest absolute Gasteiger partial charge is 0.272 e. The summed E-state index contributed by atoms with van der Waals surface area (Å²) in [6.07, 6.45) is -0.618. The van der Waals surface area contributed by atoms with Crippen molar-refractivity contribution in [2.24, 2.45) is 0 Å². The lowest BCUT2D eigenvalue weighted by Crippen LogP contribution is -2.31. The van der Waals surface area contributed by atoms with Gasteiger partial charge in [-0.05, 0) is 0 Å². The van der Waals surface area contributed by atoms with Crippen molar-refractivity contribution in [1.29, 1.82) is 0 Å². The molecule has 1 N–H and O–H groups in total. The number of hydrogen-bond acceptors (Lipinski definition) is 5. The third-order valence-corrected chi connectivity index (χ3v) is 2.45. The van der Waals surface area contributed by atoms with E-state index in [4.69, 9.17) is 24.1 Å². The zero-order chi connectivity index (χ0) is 9.42. The Balaban J connectivity index is 2.03. The number of fused-ring (bicyclic) bond motifs is 1. The van der Waals surface area contributed by atoms with Gasteiger partial charge in [0.1, 0.15) is 26.2 Å². The number of aliphatic hydroxyl groups is 1. The van der Waals surface area contributed by atoms with Crippen molar-refractivity contribution in [3.8, 4) is 0 Å². The molecule has 2 rings (SSSR count). The number of rotatable bonds is 2. The SMILES string of the molecule is B[C@@H]1O[C@H](CO)C2OC(OC)OC21. The quantitative estimate of drug-likeness (QED) is 0.510. The summed E-state index contributed by atoms with van der Waals surface area (Å²) in [4.78, 5) is 0. The van der Waals surface area contributed by atoms with Crippen LogP contribution in [0.5, 0.6) is 0 Å². The van der Waals surface area contributed by atoms with Gasteiger partial charge in [-0.1, -0.05) is 0 Å². The molecular formula is C7H13BO5. The van der Waals surface area contributed by atoms with Crippen LogP contribution in [0.4, 0.5) is 0 Å². The molecule has 0 aromatic carbocycles. The van der Waals surface area contributed by atoms with E-state index in [-0.39, 0.29) is 30.9 Å². The van der Waals surface area contributed by atoms with Crippen LogP contribution in [-0.4, -0.2) is 57.5 Å². The minimum Gasteiger partial charge on any atom is -0.394 e. The molecule has 0 aliphatic carbocycles. The summed E-state index contributed by atoms with van der Waals surface area (Å²) in [6.45, 7) is -0.666. The average Bonchev–Trinajstić information content (AvgIpc) is 2.66. The second kappa shape index (κ2) is 3.55. The Hall–Kier alpha value is -0.135. The van der Waals surface area contributed by atoms with Crippen LogP contribution >= 0.6 is 0 Å². The molecule has 2 saturated heterocycles. The zero-order valence-electron chi connectivity index (χ0n) is 7.67. The van der Waals surface area contributed by atoms with Crippen molar-refractivity contribution >= 4 is 7.85 Å². The molecule has 0 saturated carbocycles. The standard InChI is InChI=1S/C7H13BO5/c1-10-7-12-4-3(2-9)11-6(8)5(4)13-7/h3-7,9H,2,8H2,1H3/t3-,4?,5?,6-,7?/m1/s1. The van der Waals surface area contributed by atoms with E-state index in [9.17, 15) is 0 Å². The van der Waals surface area contributed by atoms with Gasteiger partial charge in [0, 0.05) is 7.11 Å². The van der Waals surface area contributed by atoms with Crippen molar-refractivity contribution in [2.75, 3.05) is 13.7 Å². The Bertz CT molecular complexity index is 190. The normalized spacial score (nSPS) is 49.5. The van der Waals surface area contributed by atoms with Gasteiger partial charge >= 0.3 is 0 Å². The highest BCUT2D eigenvalue weighted by atomic mass is 16.9. The van der Waals surface area contributed by atoms with Crippen LogP contribution in [0.1, 0.15) is 0 Å². The monoisotopic (exact) mass is 188 g/mol. The van der Waals surface area contributed by atoms with Gasteiger partial charge in [0.05, 0.1) is 12.6 Å². The average molecular weight is 188 g/mol. The first-order valence-electron chi connectivity index (χ1n) is 4.36. The van der Waals surface area contributed by atoms with E-state index in [1.54, 1.807) is 0 Å². The third kappa shape index (κ3) is 1.49. The van der Waals surface area contributed by atoms with Crippen molar-refractivity contribution in [2.45, 2.75) is 30.8 Å². The van der Waals surface area contributed by atoms with Crippen molar-refractivity contribution in [1.82, 2.24) is 0 Å². The highest BCUT2D eigenvalue weighted by molar-refractivity contribution is 6.11. The van der Waals surface area contributed by atoms with E-state index in [1.807, 2.05) is 7.85 Å². The lowest BCUT2D eigenvalue weighted by Gasteiger charge is -2.15. The molecule has 0 bridgehead atoms. The van der Waals surface area contributed by atoms with Crippen LogP contribution in [0.3, 0.4) is 0 Å². The largest absolute Gasteiger partial charge is 0.394 e. The molecule has 0 radical (unpaired) electrons. The Morgan fingerprint density at radius 2 is 2.00 bits per heavy atom. The van der Waals surface area contributed by atoms with Crippen LogP contribution in [0.15, 0.2) is 0 Å². The Kier molecular flexibility index (Phi) is 2.57.